The Labute approximate surface area is 128 Å². The van der Waals surface area contributed by atoms with Gasteiger partial charge in [-0.05, 0) is 43.5 Å². The summed E-state index contributed by atoms with van der Waals surface area (Å²) in [5, 5.41) is 1.37. The van der Waals surface area contributed by atoms with E-state index in [1.54, 1.807) is 6.07 Å². The highest BCUT2D eigenvalue weighted by Crippen LogP contribution is 2.39. The first kappa shape index (κ1) is 13.9. The highest BCUT2D eigenvalue weighted by Gasteiger charge is 2.29. The fourth-order valence-corrected chi connectivity index (χ4v) is 3.52. The van der Waals surface area contributed by atoms with Gasteiger partial charge < -0.3 is 10.3 Å². The predicted molar refractivity (Wildman–Crippen MR) is 83.1 cm³/mol. The first-order chi connectivity index (χ1) is 9.70. The number of rotatable bonds is 3. The van der Waals surface area contributed by atoms with Crippen LogP contribution >= 0.6 is 23.2 Å². The third kappa shape index (κ3) is 2.46. The van der Waals surface area contributed by atoms with Crippen LogP contribution in [0.1, 0.15) is 25.3 Å². The van der Waals surface area contributed by atoms with Crippen molar-refractivity contribution in [3.63, 3.8) is 0 Å². The lowest BCUT2D eigenvalue weighted by Gasteiger charge is -2.22. The number of imidazole rings is 1. The molecule has 106 valence electrons. The zero-order valence-electron chi connectivity index (χ0n) is 11.1. The Morgan fingerprint density at radius 1 is 1.30 bits per heavy atom. The molecule has 0 saturated heterocycles. The van der Waals surface area contributed by atoms with Crippen molar-refractivity contribution in [3.05, 3.63) is 40.8 Å². The van der Waals surface area contributed by atoms with Crippen molar-refractivity contribution in [1.82, 2.24) is 9.55 Å². The second-order valence-electron chi connectivity index (χ2n) is 5.30. The SMILES string of the molecule is NCC1CCCC1n1cncc1-c1cc(Cl)ccc1Cl. The third-order valence-electron chi connectivity index (χ3n) is 4.15. The van der Waals surface area contributed by atoms with Crippen molar-refractivity contribution in [2.45, 2.75) is 25.3 Å². The smallest absolute Gasteiger partial charge is 0.0953 e. The highest BCUT2D eigenvalue weighted by molar-refractivity contribution is 6.35. The number of nitrogens with zero attached hydrogens (tertiary/aromatic N) is 2. The molecular weight excluding hydrogens is 293 g/mol. The van der Waals surface area contributed by atoms with Crippen LogP contribution in [0.25, 0.3) is 11.3 Å². The summed E-state index contributed by atoms with van der Waals surface area (Å²) in [5.41, 5.74) is 7.84. The lowest BCUT2D eigenvalue weighted by Crippen LogP contribution is -2.21. The van der Waals surface area contributed by atoms with Crippen molar-refractivity contribution in [3.8, 4) is 11.3 Å². The van der Waals surface area contributed by atoms with Crippen molar-refractivity contribution in [2.24, 2.45) is 11.7 Å². The van der Waals surface area contributed by atoms with E-state index in [0.717, 1.165) is 17.7 Å². The van der Waals surface area contributed by atoms with Gasteiger partial charge in [0.2, 0.25) is 0 Å². The van der Waals surface area contributed by atoms with Crippen LogP contribution in [0.2, 0.25) is 10.0 Å². The lowest BCUT2D eigenvalue weighted by atomic mass is 10.0. The molecule has 0 aliphatic heterocycles. The molecule has 3 nitrogen and oxygen atoms in total. The number of halogens is 2. The zero-order valence-corrected chi connectivity index (χ0v) is 12.6. The molecule has 0 amide bonds. The van der Waals surface area contributed by atoms with Gasteiger partial charge in [-0.1, -0.05) is 29.6 Å². The Balaban J connectivity index is 2.04. The van der Waals surface area contributed by atoms with Crippen molar-refractivity contribution in [2.75, 3.05) is 6.54 Å². The molecule has 20 heavy (non-hydrogen) atoms. The van der Waals surface area contributed by atoms with E-state index >= 15 is 0 Å². The van der Waals surface area contributed by atoms with E-state index in [4.69, 9.17) is 28.9 Å². The Bertz CT molecular complexity index is 609. The van der Waals surface area contributed by atoms with Gasteiger partial charge in [0.25, 0.3) is 0 Å². The normalized spacial score (nSPS) is 22.4. The summed E-state index contributed by atoms with van der Waals surface area (Å²) in [6.07, 6.45) is 7.27. The summed E-state index contributed by atoms with van der Waals surface area (Å²) >= 11 is 12.4. The minimum atomic E-state index is 0.410. The first-order valence-corrected chi connectivity index (χ1v) is 7.63. The molecule has 0 radical (unpaired) electrons. The van der Waals surface area contributed by atoms with Gasteiger partial charge in [-0.2, -0.15) is 0 Å². The minimum absolute atomic E-state index is 0.410. The summed E-state index contributed by atoms with van der Waals surface area (Å²) in [4.78, 5) is 4.30. The molecule has 1 aliphatic carbocycles. The molecule has 1 aliphatic rings. The molecule has 1 heterocycles. The maximum Gasteiger partial charge on any atom is 0.0953 e. The molecule has 0 bridgehead atoms. The van der Waals surface area contributed by atoms with E-state index in [9.17, 15) is 0 Å². The second-order valence-corrected chi connectivity index (χ2v) is 6.15. The quantitative estimate of drug-likeness (QED) is 0.925. The van der Waals surface area contributed by atoms with Gasteiger partial charge in [0.1, 0.15) is 0 Å². The molecule has 1 aromatic carbocycles. The second kappa shape index (κ2) is 5.76. The van der Waals surface area contributed by atoms with Gasteiger partial charge >= 0.3 is 0 Å². The molecule has 2 aromatic rings. The Kier molecular flexibility index (Phi) is 4.01. The van der Waals surface area contributed by atoms with Crippen LogP contribution in [0.5, 0.6) is 0 Å². The summed E-state index contributed by atoms with van der Waals surface area (Å²) < 4.78 is 2.21. The summed E-state index contributed by atoms with van der Waals surface area (Å²) in [6, 6.07) is 5.93. The average Bonchev–Trinajstić information content (AvgIpc) is 3.08. The van der Waals surface area contributed by atoms with Gasteiger partial charge in [0, 0.05) is 16.6 Å². The topological polar surface area (TPSA) is 43.8 Å². The maximum atomic E-state index is 6.31. The molecule has 2 N–H and O–H groups in total. The van der Waals surface area contributed by atoms with Gasteiger partial charge in [0.05, 0.1) is 23.2 Å². The van der Waals surface area contributed by atoms with E-state index in [1.165, 1.54) is 12.8 Å². The van der Waals surface area contributed by atoms with Crippen molar-refractivity contribution in [1.29, 1.82) is 0 Å². The van der Waals surface area contributed by atoms with Crippen LogP contribution in [0.3, 0.4) is 0 Å². The number of benzene rings is 1. The maximum absolute atomic E-state index is 6.31. The molecule has 5 heteroatoms. The van der Waals surface area contributed by atoms with Gasteiger partial charge in [-0.3, -0.25) is 0 Å². The van der Waals surface area contributed by atoms with Crippen molar-refractivity contribution >= 4 is 23.2 Å². The summed E-state index contributed by atoms with van der Waals surface area (Å²) in [5.74, 6) is 0.515. The van der Waals surface area contributed by atoms with Gasteiger partial charge in [-0.15, -0.1) is 0 Å². The van der Waals surface area contributed by atoms with E-state index in [0.29, 0.717) is 28.5 Å². The molecule has 1 aromatic heterocycles. The van der Waals surface area contributed by atoms with Crippen LogP contribution in [0.4, 0.5) is 0 Å². The largest absolute Gasteiger partial charge is 0.330 e. The van der Waals surface area contributed by atoms with Crippen LogP contribution in [0.15, 0.2) is 30.7 Å². The fourth-order valence-electron chi connectivity index (χ4n) is 3.13. The number of nitrogens with two attached hydrogens (primary N) is 1. The van der Waals surface area contributed by atoms with E-state index < -0.39 is 0 Å². The van der Waals surface area contributed by atoms with Crippen LogP contribution in [-0.4, -0.2) is 16.1 Å². The van der Waals surface area contributed by atoms with E-state index in [2.05, 4.69) is 9.55 Å². The van der Waals surface area contributed by atoms with Crippen molar-refractivity contribution < 1.29 is 0 Å². The number of hydrogen-bond donors (Lipinski definition) is 1. The lowest BCUT2D eigenvalue weighted by molar-refractivity contribution is 0.390. The van der Waals surface area contributed by atoms with E-state index in [-0.39, 0.29) is 0 Å². The highest BCUT2D eigenvalue weighted by atomic mass is 35.5. The monoisotopic (exact) mass is 309 g/mol. The van der Waals surface area contributed by atoms with E-state index in [1.807, 2.05) is 24.7 Å². The molecule has 2 atom stereocenters. The number of hydrogen-bond acceptors (Lipinski definition) is 2. The van der Waals surface area contributed by atoms with Crippen LogP contribution in [0, 0.1) is 5.92 Å². The molecule has 3 rings (SSSR count). The van der Waals surface area contributed by atoms with Gasteiger partial charge in [-0.25, -0.2) is 4.98 Å². The Morgan fingerprint density at radius 2 is 2.15 bits per heavy atom. The summed E-state index contributed by atoms with van der Waals surface area (Å²) in [7, 11) is 0. The third-order valence-corrected chi connectivity index (χ3v) is 4.71. The Hall–Kier alpha value is -1.03. The molecule has 2 unspecified atom stereocenters. The number of aromatic nitrogens is 2. The van der Waals surface area contributed by atoms with Crippen LogP contribution in [-0.2, 0) is 0 Å². The average molecular weight is 310 g/mol. The van der Waals surface area contributed by atoms with Crippen LogP contribution < -0.4 is 5.73 Å². The standard InChI is InChI=1S/C15H17Cl2N3/c16-11-4-5-13(17)12(6-11)15-8-19-9-20(15)14-3-1-2-10(14)7-18/h4-6,8-10,14H,1-3,7,18H2. The molecule has 1 saturated carbocycles. The molecule has 1 fully saturated rings. The first-order valence-electron chi connectivity index (χ1n) is 6.88. The Morgan fingerprint density at radius 3 is 2.95 bits per heavy atom. The molecular formula is C15H17Cl2N3. The minimum Gasteiger partial charge on any atom is -0.330 e. The molecule has 0 spiro atoms. The fraction of sp³-hybridized carbons (Fsp3) is 0.400. The van der Waals surface area contributed by atoms with Gasteiger partial charge in [0.15, 0.2) is 0 Å². The zero-order chi connectivity index (χ0) is 14.1. The summed E-state index contributed by atoms with van der Waals surface area (Å²) in [6.45, 7) is 0.714. The predicted octanol–water partition coefficient (Wildman–Crippen LogP) is 4.16.